The van der Waals surface area contributed by atoms with Gasteiger partial charge in [0.05, 0.1) is 6.61 Å². The van der Waals surface area contributed by atoms with Crippen LogP contribution in [0.1, 0.15) is 41.7 Å². The van der Waals surface area contributed by atoms with Gasteiger partial charge in [-0.05, 0) is 39.0 Å². The number of alkyl halides is 3. The summed E-state index contributed by atoms with van der Waals surface area (Å²) >= 11 is 0.539. The summed E-state index contributed by atoms with van der Waals surface area (Å²) in [5, 5.41) is 2.62. The van der Waals surface area contributed by atoms with Crippen LogP contribution in [-0.2, 0) is 17.3 Å². The largest absolute Gasteiger partial charge is 0.483 e. The van der Waals surface area contributed by atoms with Gasteiger partial charge in [0, 0.05) is 18.2 Å². The zero-order chi connectivity index (χ0) is 23.8. The Bertz CT molecular complexity index is 1190. The van der Waals surface area contributed by atoms with Crippen LogP contribution in [0.5, 0.6) is 17.4 Å². The van der Waals surface area contributed by atoms with Gasteiger partial charge in [-0.1, -0.05) is 23.5 Å². The molecule has 1 aromatic carbocycles. The van der Waals surface area contributed by atoms with Gasteiger partial charge in [-0.15, -0.1) is 0 Å². The molecule has 4 rings (SSSR count). The van der Waals surface area contributed by atoms with E-state index in [1.165, 1.54) is 13.1 Å². The second-order valence-corrected chi connectivity index (χ2v) is 8.78. The van der Waals surface area contributed by atoms with Crippen LogP contribution in [0, 0.1) is 0 Å². The van der Waals surface area contributed by atoms with E-state index in [-0.39, 0.29) is 28.9 Å². The molecule has 174 valence electrons. The number of fused-ring (bicyclic) bond motifs is 1. The molecule has 0 unspecified atom stereocenters. The number of carbonyl (C=O) groups excluding carboxylic acids is 1. The van der Waals surface area contributed by atoms with Gasteiger partial charge < -0.3 is 19.5 Å². The minimum absolute atomic E-state index is 0.0579. The van der Waals surface area contributed by atoms with E-state index in [0.29, 0.717) is 29.3 Å². The topological polar surface area (TPSA) is 82.6 Å². The van der Waals surface area contributed by atoms with Crippen LogP contribution < -0.4 is 14.8 Å². The third kappa shape index (κ3) is 4.87. The molecule has 1 N–H and O–H groups in total. The number of nitrogens with one attached hydrogen (secondary N) is 1. The lowest BCUT2D eigenvalue weighted by Gasteiger charge is -2.18. The van der Waals surface area contributed by atoms with Crippen LogP contribution in [0.15, 0.2) is 36.5 Å². The second kappa shape index (κ2) is 8.54. The summed E-state index contributed by atoms with van der Waals surface area (Å²) in [4.78, 5) is 19.2. The highest BCUT2D eigenvalue weighted by molar-refractivity contribution is 7.17. The van der Waals surface area contributed by atoms with Crippen molar-refractivity contribution in [3.05, 3.63) is 52.7 Å². The summed E-state index contributed by atoms with van der Waals surface area (Å²) in [5.41, 5.74) is -0.441. The molecule has 0 amide bonds. The average Bonchev–Trinajstić information content (AvgIpc) is 3.30. The molecule has 33 heavy (non-hydrogen) atoms. The average molecular weight is 479 g/mol. The van der Waals surface area contributed by atoms with Crippen LogP contribution in [0.3, 0.4) is 0 Å². The molecule has 0 saturated heterocycles. The summed E-state index contributed by atoms with van der Waals surface area (Å²) < 4.78 is 57.0. The molecule has 0 radical (unpaired) electrons. The number of carbonyl (C=O) groups is 1. The van der Waals surface area contributed by atoms with Gasteiger partial charge in [-0.25, -0.2) is 14.8 Å². The lowest BCUT2D eigenvalue weighted by Crippen LogP contribution is -2.24. The predicted molar refractivity (Wildman–Crippen MR) is 116 cm³/mol. The van der Waals surface area contributed by atoms with Crippen LogP contribution in [-0.4, -0.2) is 28.1 Å². The molecule has 0 atom stereocenters. The van der Waals surface area contributed by atoms with Gasteiger partial charge >= 0.3 is 12.1 Å². The SMILES string of the molecule is CCOC(=O)c1sc(Nc2cccnc2Oc2cccc3c2OC(C)(C)C3)nc1C(F)(F)F. The van der Waals surface area contributed by atoms with Gasteiger partial charge in [0.15, 0.2) is 22.3 Å². The van der Waals surface area contributed by atoms with Gasteiger partial charge in [0.25, 0.3) is 0 Å². The maximum absolute atomic E-state index is 13.4. The molecule has 3 heterocycles. The number of aromatic nitrogens is 2. The smallest absolute Gasteiger partial charge is 0.435 e. The number of esters is 1. The molecular formula is C22H20F3N3O4S. The van der Waals surface area contributed by atoms with E-state index in [1.807, 2.05) is 26.0 Å². The first-order valence-corrected chi connectivity index (χ1v) is 10.8. The van der Waals surface area contributed by atoms with E-state index in [4.69, 9.17) is 14.2 Å². The maximum atomic E-state index is 13.4. The van der Waals surface area contributed by atoms with Crippen LogP contribution in [0.25, 0.3) is 0 Å². The Balaban J connectivity index is 1.64. The van der Waals surface area contributed by atoms with Crippen molar-refractivity contribution < 1.29 is 32.2 Å². The number of hydrogen-bond donors (Lipinski definition) is 1. The number of rotatable bonds is 6. The molecule has 7 nitrogen and oxygen atoms in total. The zero-order valence-corrected chi connectivity index (χ0v) is 18.8. The highest BCUT2D eigenvalue weighted by atomic mass is 32.1. The highest BCUT2D eigenvalue weighted by Gasteiger charge is 2.40. The summed E-state index contributed by atoms with van der Waals surface area (Å²) in [6.45, 7) is 5.38. The first-order chi connectivity index (χ1) is 15.6. The molecule has 2 aromatic heterocycles. The zero-order valence-electron chi connectivity index (χ0n) is 17.9. The number of para-hydroxylation sites is 1. The van der Waals surface area contributed by atoms with E-state index >= 15 is 0 Å². The number of ether oxygens (including phenoxy) is 3. The predicted octanol–water partition coefficient (Wildman–Crippen LogP) is 5.98. The van der Waals surface area contributed by atoms with E-state index in [0.717, 1.165) is 5.56 Å². The fourth-order valence-corrected chi connectivity index (χ4v) is 4.25. The molecule has 0 spiro atoms. The van der Waals surface area contributed by atoms with Crippen molar-refractivity contribution in [1.29, 1.82) is 0 Å². The normalized spacial score (nSPS) is 14.4. The fourth-order valence-electron chi connectivity index (χ4n) is 3.36. The number of anilines is 2. The summed E-state index contributed by atoms with van der Waals surface area (Å²) in [7, 11) is 0. The second-order valence-electron chi connectivity index (χ2n) is 7.78. The van der Waals surface area contributed by atoms with Gasteiger partial charge in [0.2, 0.25) is 5.88 Å². The first-order valence-electron chi connectivity index (χ1n) is 10.0. The number of halogens is 3. The van der Waals surface area contributed by atoms with Crippen molar-refractivity contribution in [3.8, 4) is 17.4 Å². The standard InChI is InChI=1S/C22H20F3N3O4S/c1-4-30-19(29)16-17(22(23,24)25)28-20(33-16)27-13-8-6-10-26-18(13)31-14-9-5-7-12-11-21(2,3)32-15(12)14/h5-10H,4,11H2,1-3H3,(H,27,28). The molecule has 0 saturated carbocycles. The van der Waals surface area contributed by atoms with Crippen molar-refractivity contribution in [2.24, 2.45) is 0 Å². The Labute approximate surface area is 191 Å². The Morgan fingerprint density at radius 1 is 1.27 bits per heavy atom. The third-order valence-corrected chi connectivity index (χ3v) is 5.58. The molecule has 1 aliphatic rings. The van der Waals surface area contributed by atoms with Crippen LogP contribution in [0.2, 0.25) is 0 Å². The number of hydrogen-bond acceptors (Lipinski definition) is 8. The third-order valence-electron chi connectivity index (χ3n) is 4.63. The van der Waals surface area contributed by atoms with Gasteiger partial charge in [-0.2, -0.15) is 13.2 Å². The molecule has 3 aromatic rings. The lowest BCUT2D eigenvalue weighted by molar-refractivity contribution is -0.141. The van der Waals surface area contributed by atoms with Crippen molar-refractivity contribution in [2.75, 3.05) is 11.9 Å². The Morgan fingerprint density at radius 3 is 2.79 bits per heavy atom. The summed E-state index contributed by atoms with van der Waals surface area (Å²) in [6.07, 6.45) is -2.62. The van der Waals surface area contributed by atoms with Crippen molar-refractivity contribution in [2.45, 2.75) is 39.0 Å². The summed E-state index contributed by atoms with van der Waals surface area (Å²) in [5.74, 6) is 0.0535. The minimum Gasteiger partial charge on any atom is -0.483 e. The number of pyridine rings is 1. The maximum Gasteiger partial charge on any atom is 0.435 e. The van der Waals surface area contributed by atoms with Gasteiger partial charge in [-0.3, -0.25) is 0 Å². The number of benzene rings is 1. The van der Waals surface area contributed by atoms with E-state index in [1.54, 1.807) is 18.2 Å². The van der Waals surface area contributed by atoms with E-state index < -0.39 is 22.7 Å². The lowest BCUT2D eigenvalue weighted by atomic mass is 10.0. The molecule has 0 fully saturated rings. The van der Waals surface area contributed by atoms with Crippen molar-refractivity contribution in [1.82, 2.24) is 9.97 Å². The van der Waals surface area contributed by atoms with Crippen LogP contribution in [0.4, 0.5) is 24.0 Å². The van der Waals surface area contributed by atoms with E-state index in [2.05, 4.69) is 15.3 Å². The van der Waals surface area contributed by atoms with Gasteiger partial charge in [0.1, 0.15) is 16.2 Å². The fraction of sp³-hybridized carbons (Fsp3) is 0.318. The molecule has 1 aliphatic heterocycles. The molecule has 0 bridgehead atoms. The quantitative estimate of drug-likeness (QED) is 0.435. The number of nitrogens with zero attached hydrogens (tertiary/aromatic N) is 2. The molecular weight excluding hydrogens is 459 g/mol. The summed E-state index contributed by atoms with van der Waals surface area (Å²) in [6, 6.07) is 8.67. The number of thiazole rings is 1. The first kappa shape index (κ1) is 22.8. The van der Waals surface area contributed by atoms with Crippen LogP contribution >= 0.6 is 11.3 Å². The Kier molecular flexibility index (Phi) is 5.91. The highest BCUT2D eigenvalue weighted by Crippen LogP contribution is 2.44. The van der Waals surface area contributed by atoms with Crippen molar-refractivity contribution >= 4 is 28.1 Å². The monoisotopic (exact) mass is 479 g/mol. The minimum atomic E-state index is -4.82. The van der Waals surface area contributed by atoms with E-state index in [9.17, 15) is 18.0 Å². The Morgan fingerprint density at radius 2 is 2.06 bits per heavy atom. The molecule has 0 aliphatic carbocycles. The Hall–Kier alpha value is -3.34. The molecule has 11 heteroatoms. The van der Waals surface area contributed by atoms with Crippen molar-refractivity contribution in [3.63, 3.8) is 0 Å².